The van der Waals surface area contributed by atoms with Gasteiger partial charge in [0.25, 0.3) is 0 Å². The molecule has 0 spiro atoms. The van der Waals surface area contributed by atoms with Crippen LogP contribution in [0.1, 0.15) is 59.8 Å². The van der Waals surface area contributed by atoms with E-state index in [1.807, 2.05) is 0 Å². The van der Waals surface area contributed by atoms with E-state index >= 15 is 0 Å². The lowest BCUT2D eigenvalue weighted by atomic mass is 9.90. The Morgan fingerprint density at radius 3 is 2.35 bits per heavy atom. The molecule has 0 rings (SSSR count). The number of halogens is 1. The molecule has 4 heteroatoms. The standard InChI is InChI=1S/C13H29N3.HI/c1-5-6-10-15-12(14)16-11-8-7-9-13(2,3)4;/h5-11H2,1-4H3,(H3,14,15,16);1H. The van der Waals surface area contributed by atoms with E-state index in [4.69, 9.17) is 5.73 Å². The van der Waals surface area contributed by atoms with E-state index in [-0.39, 0.29) is 24.0 Å². The van der Waals surface area contributed by atoms with E-state index in [1.165, 1.54) is 19.3 Å². The van der Waals surface area contributed by atoms with Gasteiger partial charge in [-0.25, -0.2) is 0 Å². The van der Waals surface area contributed by atoms with Crippen molar-refractivity contribution in [1.82, 2.24) is 5.32 Å². The zero-order valence-corrected chi connectivity index (χ0v) is 14.2. The minimum atomic E-state index is 0. The Balaban J connectivity index is 0. The molecule has 17 heavy (non-hydrogen) atoms. The number of aliphatic imine (C=N–C) groups is 1. The van der Waals surface area contributed by atoms with Crippen molar-refractivity contribution < 1.29 is 0 Å². The van der Waals surface area contributed by atoms with Gasteiger partial charge in [-0.2, -0.15) is 0 Å². The first-order chi connectivity index (χ1) is 7.45. The molecule has 0 saturated carbocycles. The van der Waals surface area contributed by atoms with Gasteiger partial charge in [-0.15, -0.1) is 24.0 Å². The minimum absolute atomic E-state index is 0. The third-order valence-electron chi connectivity index (χ3n) is 2.45. The highest BCUT2D eigenvalue weighted by atomic mass is 127. The highest BCUT2D eigenvalue weighted by molar-refractivity contribution is 14.0. The van der Waals surface area contributed by atoms with Crippen LogP contribution in [0.2, 0.25) is 0 Å². The lowest BCUT2D eigenvalue weighted by Crippen LogP contribution is -2.32. The van der Waals surface area contributed by atoms with Gasteiger partial charge in [-0.05, 0) is 24.7 Å². The van der Waals surface area contributed by atoms with Crippen molar-refractivity contribution in [2.24, 2.45) is 16.1 Å². The Labute approximate surface area is 124 Å². The SMILES string of the molecule is CCCCNC(N)=NCCCCC(C)(C)C.I. The molecule has 0 aliphatic carbocycles. The Hall–Kier alpha value is 0. The lowest BCUT2D eigenvalue weighted by Gasteiger charge is -2.17. The number of nitrogens with one attached hydrogen (secondary N) is 1. The van der Waals surface area contributed by atoms with Crippen LogP contribution in [0.3, 0.4) is 0 Å². The second kappa shape index (κ2) is 11.1. The lowest BCUT2D eigenvalue weighted by molar-refractivity contribution is 0.361. The molecule has 0 aromatic carbocycles. The number of hydrogen-bond donors (Lipinski definition) is 2. The average molecular weight is 355 g/mol. The van der Waals surface area contributed by atoms with E-state index in [0.29, 0.717) is 11.4 Å². The van der Waals surface area contributed by atoms with Gasteiger partial charge in [-0.3, -0.25) is 4.99 Å². The fourth-order valence-electron chi connectivity index (χ4n) is 1.42. The summed E-state index contributed by atoms with van der Waals surface area (Å²) in [5.41, 5.74) is 6.16. The largest absolute Gasteiger partial charge is 0.370 e. The minimum Gasteiger partial charge on any atom is -0.370 e. The third-order valence-corrected chi connectivity index (χ3v) is 2.45. The summed E-state index contributed by atoms with van der Waals surface area (Å²) >= 11 is 0. The monoisotopic (exact) mass is 355 g/mol. The van der Waals surface area contributed by atoms with Crippen LogP contribution >= 0.6 is 24.0 Å². The molecule has 0 fully saturated rings. The highest BCUT2D eigenvalue weighted by Crippen LogP contribution is 2.21. The Morgan fingerprint density at radius 1 is 1.18 bits per heavy atom. The molecule has 3 N–H and O–H groups in total. The van der Waals surface area contributed by atoms with Gasteiger partial charge >= 0.3 is 0 Å². The van der Waals surface area contributed by atoms with Gasteiger partial charge in [0.05, 0.1) is 0 Å². The molecule has 0 aromatic rings. The second-order valence-electron chi connectivity index (χ2n) is 5.57. The summed E-state index contributed by atoms with van der Waals surface area (Å²) in [7, 11) is 0. The summed E-state index contributed by atoms with van der Waals surface area (Å²) in [6, 6.07) is 0. The molecule has 0 radical (unpaired) electrons. The molecule has 0 unspecified atom stereocenters. The summed E-state index contributed by atoms with van der Waals surface area (Å²) < 4.78 is 0. The quantitative estimate of drug-likeness (QED) is 0.318. The number of guanidine groups is 1. The number of nitrogens with zero attached hydrogens (tertiary/aromatic N) is 1. The third kappa shape index (κ3) is 16.0. The van der Waals surface area contributed by atoms with E-state index < -0.39 is 0 Å². The zero-order valence-electron chi connectivity index (χ0n) is 11.9. The first-order valence-corrected chi connectivity index (χ1v) is 6.49. The first kappa shape index (κ1) is 19.3. The topological polar surface area (TPSA) is 50.4 Å². The van der Waals surface area contributed by atoms with Crippen LogP contribution in [0.25, 0.3) is 0 Å². The number of hydrogen-bond acceptors (Lipinski definition) is 1. The average Bonchev–Trinajstić information content (AvgIpc) is 2.16. The maximum atomic E-state index is 5.72. The highest BCUT2D eigenvalue weighted by Gasteiger charge is 2.08. The molecule has 0 amide bonds. The number of nitrogens with two attached hydrogens (primary N) is 1. The molecule has 0 bridgehead atoms. The predicted octanol–water partition coefficient (Wildman–Crippen LogP) is 3.53. The van der Waals surface area contributed by atoms with Gasteiger partial charge < -0.3 is 11.1 Å². The van der Waals surface area contributed by atoms with Gasteiger partial charge in [0.15, 0.2) is 5.96 Å². The molecule has 0 aliphatic rings. The maximum absolute atomic E-state index is 5.72. The maximum Gasteiger partial charge on any atom is 0.188 e. The molecule has 0 heterocycles. The van der Waals surface area contributed by atoms with Crippen molar-refractivity contribution in [1.29, 1.82) is 0 Å². The zero-order chi connectivity index (χ0) is 12.4. The molecule has 0 aliphatic heterocycles. The van der Waals surface area contributed by atoms with Crippen molar-refractivity contribution in [3.8, 4) is 0 Å². The van der Waals surface area contributed by atoms with Crippen molar-refractivity contribution in [2.75, 3.05) is 13.1 Å². The summed E-state index contributed by atoms with van der Waals surface area (Å²) in [5, 5.41) is 3.12. The van der Waals surface area contributed by atoms with Crippen molar-refractivity contribution in [2.45, 2.75) is 59.8 Å². The Kier molecular flexibility index (Phi) is 12.6. The van der Waals surface area contributed by atoms with E-state index in [9.17, 15) is 0 Å². The van der Waals surface area contributed by atoms with Crippen molar-refractivity contribution >= 4 is 29.9 Å². The summed E-state index contributed by atoms with van der Waals surface area (Å²) in [5.74, 6) is 0.601. The molecular formula is C13H30IN3. The molecular weight excluding hydrogens is 325 g/mol. The van der Waals surface area contributed by atoms with Crippen LogP contribution in [-0.4, -0.2) is 19.0 Å². The van der Waals surface area contributed by atoms with E-state index in [1.54, 1.807) is 0 Å². The van der Waals surface area contributed by atoms with Gasteiger partial charge in [-0.1, -0.05) is 40.5 Å². The number of rotatable bonds is 7. The van der Waals surface area contributed by atoms with Crippen LogP contribution in [0.5, 0.6) is 0 Å². The van der Waals surface area contributed by atoms with Crippen LogP contribution in [0, 0.1) is 5.41 Å². The van der Waals surface area contributed by atoms with Crippen LogP contribution in [-0.2, 0) is 0 Å². The van der Waals surface area contributed by atoms with E-state index in [0.717, 1.165) is 25.9 Å². The summed E-state index contributed by atoms with van der Waals surface area (Å²) in [6.07, 6.45) is 5.96. The van der Waals surface area contributed by atoms with Crippen LogP contribution in [0.4, 0.5) is 0 Å². The smallest absolute Gasteiger partial charge is 0.188 e. The first-order valence-electron chi connectivity index (χ1n) is 6.49. The molecule has 0 aromatic heterocycles. The molecule has 3 nitrogen and oxygen atoms in total. The Morgan fingerprint density at radius 2 is 1.82 bits per heavy atom. The fraction of sp³-hybridized carbons (Fsp3) is 0.923. The van der Waals surface area contributed by atoms with E-state index in [2.05, 4.69) is 38.0 Å². The van der Waals surface area contributed by atoms with Crippen molar-refractivity contribution in [3.63, 3.8) is 0 Å². The summed E-state index contributed by atoms with van der Waals surface area (Å²) in [4.78, 5) is 4.30. The van der Waals surface area contributed by atoms with Gasteiger partial charge in [0, 0.05) is 13.1 Å². The molecule has 0 saturated heterocycles. The number of unbranched alkanes of at least 4 members (excludes halogenated alkanes) is 2. The predicted molar refractivity (Wildman–Crippen MR) is 88.1 cm³/mol. The van der Waals surface area contributed by atoms with Gasteiger partial charge in [0.2, 0.25) is 0 Å². The normalized spacial score (nSPS) is 12.1. The Bertz CT molecular complexity index is 197. The molecule has 104 valence electrons. The summed E-state index contributed by atoms with van der Waals surface area (Å²) in [6.45, 7) is 10.8. The van der Waals surface area contributed by atoms with Gasteiger partial charge in [0.1, 0.15) is 0 Å². The van der Waals surface area contributed by atoms with Crippen molar-refractivity contribution in [3.05, 3.63) is 0 Å². The molecule has 0 atom stereocenters. The van der Waals surface area contributed by atoms with Crippen LogP contribution < -0.4 is 11.1 Å². The fourth-order valence-corrected chi connectivity index (χ4v) is 1.42. The second-order valence-corrected chi connectivity index (χ2v) is 5.57. The van der Waals surface area contributed by atoms with Crippen LogP contribution in [0.15, 0.2) is 4.99 Å².